The van der Waals surface area contributed by atoms with Crippen LogP contribution >= 0.6 is 11.6 Å². The second kappa shape index (κ2) is 7.79. The lowest BCUT2D eigenvalue weighted by Gasteiger charge is -2.36. The van der Waals surface area contributed by atoms with E-state index in [0.29, 0.717) is 10.6 Å². The van der Waals surface area contributed by atoms with Crippen LogP contribution in [0, 0.1) is 11.3 Å². The predicted octanol–water partition coefficient (Wildman–Crippen LogP) is 1.25. The van der Waals surface area contributed by atoms with Crippen LogP contribution in [0.5, 0.6) is 0 Å². The molecule has 0 atom stereocenters. The lowest BCUT2D eigenvalue weighted by atomic mass is 10.1. The van der Waals surface area contributed by atoms with Gasteiger partial charge in [-0.1, -0.05) is 23.7 Å². The molecule has 2 rings (SSSR count). The lowest BCUT2D eigenvalue weighted by molar-refractivity contribution is -0.136. The maximum absolute atomic E-state index is 12.5. The number of halogens is 1. The van der Waals surface area contributed by atoms with Crippen molar-refractivity contribution in [1.82, 2.24) is 4.90 Å². The Labute approximate surface area is 145 Å². The van der Waals surface area contributed by atoms with Crippen LogP contribution in [0.2, 0.25) is 5.02 Å². The molecule has 1 aromatic rings. The molecule has 0 aromatic heterocycles. The highest BCUT2D eigenvalue weighted by Crippen LogP contribution is 2.18. The van der Waals surface area contributed by atoms with Crippen LogP contribution in [0.25, 0.3) is 6.08 Å². The van der Waals surface area contributed by atoms with Gasteiger partial charge in [0.1, 0.15) is 0 Å². The van der Waals surface area contributed by atoms with Gasteiger partial charge >= 0.3 is 0 Å². The minimum Gasteiger partial charge on any atom is -0.389 e. The van der Waals surface area contributed by atoms with E-state index in [4.69, 9.17) is 16.9 Å². The minimum atomic E-state index is -3.57. The topological polar surface area (TPSA) is 98.5 Å². The lowest BCUT2D eigenvalue weighted by Crippen LogP contribution is -2.54. The first-order valence-corrected chi connectivity index (χ1v) is 9.51. The average molecular weight is 369 g/mol. The van der Waals surface area contributed by atoms with E-state index in [1.54, 1.807) is 30.3 Å². The number of nitriles is 1. The van der Waals surface area contributed by atoms with Gasteiger partial charge in [0.25, 0.3) is 5.91 Å². The second-order valence-electron chi connectivity index (χ2n) is 5.59. The molecule has 0 aliphatic carbocycles. The molecule has 24 heavy (non-hydrogen) atoms. The third-order valence-electron chi connectivity index (χ3n) is 3.54. The first kappa shape index (κ1) is 18.5. The van der Waals surface area contributed by atoms with E-state index in [2.05, 4.69) is 0 Å². The molecule has 0 spiro atoms. The Hall–Kier alpha value is -1.88. The summed E-state index contributed by atoms with van der Waals surface area (Å²) in [6, 6.07) is 8.45. The number of hydrogen-bond acceptors (Lipinski definition) is 5. The number of carbonyl (C=O) groups is 1. The van der Waals surface area contributed by atoms with E-state index in [9.17, 15) is 18.3 Å². The number of sulfone groups is 1. The van der Waals surface area contributed by atoms with Crippen molar-refractivity contribution in [3.63, 3.8) is 0 Å². The molecule has 0 unspecified atom stereocenters. The van der Waals surface area contributed by atoms with Crippen molar-refractivity contribution >= 4 is 33.4 Å². The highest BCUT2D eigenvalue weighted by atomic mass is 35.5. The number of carbonyl (C=O) groups excluding carboxylic acids is 1. The molecule has 1 N–H and O–H groups in total. The van der Waals surface area contributed by atoms with E-state index >= 15 is 0 Å². The zero-order valence-electron chi connectivity index (χ0n) is 12.9. The normalized spacial score (nSPS) is 15.7. The summed E-state index contributed by atoms with van der Waals surface area (Å²) < 4.78 is 24.2. The van der Waals surface area contributed by atoms with E-state index in [1.165, 1.54) is 11.0 Å². The van der Waals surface area contributed by atoms with Gasteiger partial charge in [0.15, 0.2) is 9.84 Å². The van der Waals surface area contributed by atoms with E-state index in [-0.39, 0.29) is 30.8 Å². The molecule has 0 radical (unpaired) electrons. The third-order valence-corrected chi connectivity index (χ3v) is 5.36. The Morgan fingerprint density at radius 2 is 2.00 bits per heavy atom. The molecule has 0 bridgehead atoms. The van der Waals surface area contributed by atoms with Crippen molar-refractivity contribution in [2.24, 2.45) is 0 Å². The van der Waals surface area contributed by atoms with Crippen molar-refractivity contribution in [2.45, 2.75) is 12.5 Å². The van der Waals surface area contributed by atoms with Gasteiger partial charge in [0.05, 0.1) is 23.7 Å². The summed E-state index contributed by atoms with van der Waals surface area (Å²) in [5.74, 6) is -1.16. The van der Waals surface area contributed by atoms with Crippen LogP contribution in [0.15, 0.2) is 29.8 Å². The minimum absolute atomic E-state index is 0.113. The summed E-state index contributed by atoms with van der Waals surface area (Å²) >= 11 is 5.82. The van der Waals surface area contributed by atoms with Gasteiger partial charge < -0.3 is 10.0 Å². The first-order chi connectivity index (χ1) is 11.3. The number of hydrogen-bond donors (Lipinski definition) is 1. The van der Waals surface area contributed by atoms with Gasteiger partial charge in [-0.3, -0.25) is 4.79 Å². The molecule has 1 aliphatic rings. The molecule has 0 saturated carbocycles. The van der Waals surface area contributed by atoms with E-state index < -0.39 is 27.6 Å². The Bertz CT molecular complexity index is 775. The standard InChI is InChI=1S/C16H17ClN2O4S/c17-14-4-2-12(3-5-14)8-13(11-24(22,23)7-1-6-18)16(21)19-9-15(20)10-19/h2-5,8,15,20H,1,7,9-11H2/b13-8+. The SMILES string of the molecule is N#CCCS(=O)(=O)C/C(=C\c1ccc(Cl)cc1)C(=O)N1CC(O)C1. The molecular formula is C16H17ClN2O4S. The summed E-state index contributed by atoms with van der Waals surface area (Å²) in [5.41, 5.74) is 0.765. The maximum Gasteiger partial charge on any atom is 0.251 e. The number of nitrogens with zero attached hydrogens (tertiary/aromatic N) is 2. The van der Waals surface area contributed by atoms with Gasteiger partial charge in [0, 0.05) is 30.1 Å². The van der Waals surface area contributed by atoms with Crippen LogP contribution in [0.3, 0.4) is 0 Å². The fourth-order valence-electron chi connectivity index (χ4n) is 2.26. The van der Waals surface area contributed by atoms with Crippen LogP contribution in [0.1, 0.15) is 12.0 Å². The Kier molecular flexibility index (Phi) is 5.99. The summed E-state index contributed by atoms with van der Waals surface area (Å²) in [6.45, 7) is 0.379. The molecule has 1 amide bonds. The number of aliphatic hydroxyl groups is 1. The number of aliphatic hydroxyl groups excluding tert-OH is 1. The number of amides is 1. The summed E-state index contributed by atoms with van der Waals surface area (Å²) in [7, 11) is -3.57. The van der Waals surface area contributed by atoms with Gasteiger partial charge in [-0.25, -0.2) is 8.42 Å². The largest absolute Gasteiger partial charge is 0.389 e. The van der Waals surface area contributed by atoms with Crippen molar-refractivity contribution < 1.29 is 18.3 Å². The third kappa shape index (κ3) is 5.06. The Balaban J connectivity index is 2.25. The smallest absolute Gasteiger partial charge is 0.251 e. The molecule has 6 nitrogen and oxygen atoms in total. The van der Waals surface area contributed by atoms with E-state index in [1.807, 2.05) is 0 Å². The quantitative estimate of drug-likeness (QED) is 0.762. The van der Waals surface area contributed by atoms with Gasteiger partial charge in [0.2, 0.25) is 0 Å². The summed E-state index contributed by atoms with van der Waals surface area (Å²) in [6.07, 6.45) is 0.821. The van der Waals surface area contributed by atoms with E-state index in [0.717, 1.165) is 0 Å². The number of rotatable bonds is 6. The monoisotopic (exact) mass is 368 g/mol. The molecule has 128 valence electrons. The van der Waals surface area contributed by atoms with Crippen molar-refractivity contribution in [3.8, 4) is 6.07 Å². The van der Waals surface area contributed by atoms with Crippen LogP contribution < -0.4 is 0 Å². The fraction of sp³-hybridized carbons (Fsp3) is 0.375. The molecule has 1 heterocycles. The van der Waals surface area contributed by atoms with Crippen LogP contribution in [-0.4, -0.2) is 55.0 Å². The number of likely N-dealkylation sites (tertiary alicyclic amines) is 1. The number of benzene rings is 1. The number of β-amino-alcohol motifs (C(OH)–C–C–N with tert-alkyl or cyclic N) is 1. The highest BCUT2D eigenvalue weighted by molar-refractivity contribution is 7.91. The Morgan fingerprint density at radius 3 is 2.54 bits per heavy atom. The highest BCUT2D eigenvalue weighted by Gasteiger charge is 2.32. The molecule has 1 aliphatic heterocycles. The first-order valence-electron chi connectivity index (χ1n) is 7.31. The zero-order valence-corrected chi connectivity index (χ0v) is 14.4. The zero-order chi connectivity index (χ0) is 17.7. The maximum atomic E-state index is 12.5. The van der Waals surface area contributed by atoms with Crippen LogP contribution in [0.4, 0.5) is 0 Å². The van der Waals surface area contributed by atoms with Crippen molar-refractivity contribution in [3.05, 3.63) is 40.4 Å². The van der Waals surface area contributed by atoms with Crippen LogP contribution in [-0.2, 0) is 14.6 Å². The Morgan fingerprint density at radius 1 is 1.38 bits per heavy atom. The molecular weight excluding hydrogens is 352 g/mol. The molecule has 1 saturated heterocycles. The summed E-state index contributed by atoms with van der Waals surface area (Å²) in [4.78, 5) is 13.9. The van der Waals surface area contributed by atoms with Gasteiger partial charge in [-0.05, 0) is 23.8 Å². The predicted molar refractivity (Wildman–Crippen MR) is 90.9 cm³/mol. The van der Waals surface area contributed by atoms with Gasteiger partial charge in [-0.2, -0.15) is 5.26 Å². The average Bonchev–Trinajstić information content (AvgIpc) is 2.50. The summed E-state index contributed by atoms with van der Waals surface area (Å²) in [5, 5.41) is 18.4. The molecule has 1 aromatic carbocycles. The van der Waals surface area contributed by atoms with Crippen molar-refractivity contribution in [1.29, 1.82) is 5.26 Å². The molecule has 1 fully saturated rings. The van der Waals surface area contributed by atoms with Crippen molar-refractivity contribution in [2.75, 3.05) is 24.6 Å². The molecule has 8 heteroatoms. The fourth-order valence-corrected chi connectivity index (χ4v) is 3.61. The second-order valence-corrected chi connectivity index (χ2v) is 8.21. The van der Waals surface area contributed by atoms with Gasteiger partial charge in [-0.15, -0.1) is 0 Å².